The van der Waals surface area contributed by atoms with Gasteiger partial charge >= 0.3 is 5.97 Å². The van der Waals surface area contributed by atoms with Gasteiger partial charge in [0.2, 0.25) is 0 Å². The highest BCUT2D eigenvalue weighted by molar-refractivity contribution is 6.30. The molecule has 6 rings (SSSR count). The number of nitrogens with one attached hydrogen (secondary N) is 1. The van der Waals surface area contributed by atoms with E-state index in [1.807, 2.05) is 25.1 Å². The van der Waals surface area contributed by atoms with Gasteiger partial charge in [-0.2, -0.15) is 0 Å². The Morgan fingerprint density at radius 1 is 1.14 bits per heavy atom. The predicted octanol–water partition coefficient (Wildman–Crippen LogP) is 5.45. The van der Waals surface area contributed by atoms with Crippen molar-refractivity contribution >= 4 is 28.6 Å². The van der Waals surface area contributed by atoms with E-state index in [0.29, 0.717) is 53.2 Å². The molecule has 0 radical (unpaired) electrons. The van der Waals surface area contributed by atoms with Gasteiger partial charge in [-0.15, -0.1) is 0 Å². The number of hydrogen-bond donors (Lipinski definition) is 1. The number of piperidine rings is 1. The lowest BCUT2D eigenvalue weighted by Crippen LogP contribution is -2.33. The molecule has 4 aromatic rings. The van der Waals surface area contributed by atoms with Crippen molar-refractivity contribution in [2.75, 3.05) is 40.5 Å². The smallest absolute Gasteiger partial charge is 0.338 e. The summed E-state index contributed by atoms with van der Waals surface area (Å²) in [4.78, 5) is 27.2. The number of carbonyl (C=O) groups excluding carboxylic acids is 1. The van der Waals surface area contributed by atoms with Gasteiger partial charge in [0.1, 0.15) is 29.4 Å². The van der Waals surface area contributed by atoms with Crippen molar-refractivity contribution in [3.05, 3.63) is 76.3 Å². The second-order valence-corrected chi connectivity index (χ2v) is 11.1. The average molecular weight is 593 g/mol. The summed E-state index contributed by atoms with van der Waals surface area (Å²) in [5.41, 5.74) is 3.63. The molecule has 0 bridgehead atoms. The second-order valence-electron chi connectivity index (χ2n) is 10.6. The molecule has 1 fully saturated rings. The van der Waals surface area contributed by atoms with Gasteiger partial charge < -0.3 is 28.7 Å². The first-order valence-corrected chi connectivity index (χ1v) is 14.3. The lowest BCUT2D eigenvalue weighted by Gasteiger charge is -2.32. The van der Waals surface area contributed by atoms with Crippen LogP contribution < -0.4 is 14.2 Å². The second kappa shape index (κ2) is 11.8. The number of para-hydroxylation sites is 1. The normalized spacial score (nSPS) is 18.9. The predicted molar refractivity (Wildman–Crippen MR) is 156 cm³/mol. The third kappa shape index (κ3) is 5.62. The maximum absolute atomic E-state index is 12.2. The molecule has 0 spiro atoms. The molecule has 10 nitrogen and oxygen atoms in total. The minimum absolute atomic E-state index is 0.333. The molecule has 0 aliphatic carbocycles. The number of aromatic nitrogens is 3. The van der Waals surface area contributed by atoms with Gasteiger partial charge in [0.05, 0.1) is 36.4 Å². The number of halogens is 1. The van der Waals surface area contributed by atoms with E-state index in [9.17, 15) is 4.79 Å². The molecule has 220 valence electrons. The molecule has 2 aromatic carbocycles. The van der Waals surface area contributed by atoms with Crippen molar-refractivity contribution in [1.29, 1.82) is 0 Å². The van der Waals surface area contributed by atoms with Crippen molar-refractivity contribution in [1.82, 2.24) is 19.9 Å². The Labute approximate surface area is 248 Å². The summed E-state index contributed by atoms with van der Waals surface area (Å²) in [6.07, 6.45) is 3.53. The van der Waals surface area contributed by atoms with Crippen LogP contribution in [0.25, 0.3) is 11.0 Å². The van der Waals surface area contributed by atoms with E-state index in [1.54, 1.807) is 31.5 Å². The topological polar surface area (TPSA) is 108 Å². The Bertz CT molecular complexity index is 1580. The Hall–Kier alpha value is -3.86. The first kappa shape index (κ1) is 28.3. The Morgan fingerprint density at radius 3 is 2.71 bits per heavy atom. The van der Waals surface area contributed by atoms with E-state index < -0.39 is 11.8 Å². The molecule has 0 unspecified atom stereocenters. The molecule has 2 aliphatic rings. The quantitative estimate of drug-likeness (QED) is 0.200. The van der Waals surface area contributed by atoms with Gasteiger partial charge in [0.25, 0.3) is 5.79 Å². The van der Waals surface area contributed by atoms with Crippen LogP contribution in [0.2, 0.25) is 5.02 Å². The van der Waals surface area contributed by atoms with Crippen molar-refractivity contribution in [2.24, 2.45) is 0 Å². The minimum Gasteiger partial charge on any atom is -0.489 e. The maximum atomic E-state index is 12.2. The van der Waals surface area contributed by atoms with Crippen molar-refractivity contribution in [3.8, 4) is 17.2 Å². The third-order valence-electron chi connectivity index (χ3n) is 7.77. The fraction of sp³-hybridized carbons (Fsp3) is 0.387. The monoisotopic (exact) mass is 592 g/mol. The molecule has 0 amide bonds. The molecule has 4 heterocycles. The first-order valence-electron chi connectivity index (χ1n) is 13.9. The zero-order valence-corrected chi connectivity index (χ0v) is 24.6. The van der Waals surface area contributed by atoms with Crippen molar-refractivity contribution in [3.63, 3.8) is 0 Å². The maximum Gasteiger partial charge on any atom is 0.338 e. The van der Waals surface area contributed by atoms with E-state index >= 15 is 0 Å². The van der Waals surface area contributed by atoms with Crippen LogP contribution in [-0.2, 0) is 21.8 Å². The number of fused-ring (bicyclic) bond motifs is 2. The van der Waals surface area contributed by atoms with Gasteiger partial charge in [0.15, 0.2) is 11.5 Å². The molecule has 1 N–H and O–H groups in total. The summed E-state index contributed by atoms with van der Waals surface area (Å²) in [5.74, 6) is 1.74. The highest BCUT2D eigenvalue weighted by Gasteiger charge is 2.42. The number of hydrogen-bond acceptors (Lipinski definition) is 9. The average Bonchev–Trinajstić information content (AvgIpc) is 3.57. The van der Waals surface area contributed by atoms with Crippen molar-refractivity contribution in [2.45, 2.75) is 38.0 Å². The fourth-order valence-electron chi connectivity index (χ4n) is 5.62. The lowest BCUT2D eigenvalue weighted by molar-refractivity contribution is -0.0722. The molecule has 42 heavy (non-hydrogen) atoms. The van der Waals surface area contributed by atoms with Gasteiger partial charge in [-0.25, -0.2) is 9.78 Å². The van der Waals surface area contributed by atoms with Crippen LogP contribution in [0.5, 0.6) is 17.2 Å². The first-order chi connectivity index (χ1) is 20.4. The third-order valence-corrected chi connectivity index (χ3v) is 7.99. The van der Waals surface area contributed by atoms with Crippen LogP contribution in [-0.4, -0.2) is 66.3 Å². The summed E-state index contributed by atoms with van der Waals surface area (Å²) in [6.45, 7) is 5.10. The number of nitrogens with zero attached hydrogens (tertiary/aromatic N) is 3. The molecule has 11 heteroatoms. The molecule has 0 saturated carbocycles. The summed E-state index contributed by atoms with van der Waals surface area (Å²) in [7, 11) is 2.97. The largest absolute Gasteiger partial charge is 0.489 e. The number of imidazole rings is 1. The highest BCUT2D eigenvalue weighted by Crippen LogP contribution is 2.49. The molecular weight excluding hydrogens is 560 g/mol. The number of ether oxygens (including phenoxy) is 5. The number of carbonyl (C=O) groups is 1. The van der Waals surface area contributed by atoms with Gasteiger partial charge in [-0.3, -0.25) is 9.88 Å². The standard InChI is InChI=1S/C31H33ClN4O6/c1-31(26-8-7-21(32)17-33-26)41-24-6-4-5-22(29(24)42-31)19-9-11-36(12-10-19)18-27-34-23-15-20(30(37)39-3)16-25(28(23)35-27)40-14-13-38-2/h4-8,15-17,19H,9-14,18H2,1-3H3,(H,34,35)/t31-/m0/s1. The Balaban J connectivity index is 1.14. The molecular formula is C31H33ClN4O6. The van der Waals surface area contributed by atoms with Crippen LogP contribution in [0.4, 0.5) is 0 Å². The highest BCUT2D eigenvalue weighted by atomic mass is 35.5. The minimum atomic E-state index is -1.01. The number of pyridine rings is 1. The van der Waals surface area contributed by atoms with Crippen molar-refractivity contribution < 1.29 is 28.5 Å². The molecule has 1 saturated heterocycles. The van der Waals surface area contributed by atoms with Crippen LogP contribution >= 0.6 is 11.6 Å². The zero-order valence-electron chi connectivity index (χ0n) is 23.8. The van der Waals surface area contributed by atoms with Crippen LogP contribution in [0.1, 0.15) is 53.1 Å². The summed E-state index contributed by atoms with van der Waals surface area (Å²) >= 11 is 6.04. The fourth-order valence-corrected chi connectivity index (χ4v) is 5.74. The SMILES string of the molecule is COCCOc1cc(C(=O)OC)cc2[nH]c(CN3CCC(c4cccc5c4O[C@@](C)(c4ccc(Cl)cn4)O5)CC3)nc12. The van der Waals surface area contributed by atoms with Gasteiger partial charge in [-0.05, 0) is 62.2 Å². The van der Waals surface area contributed by atoms with Gasteiger partial charge in [0, 0.05) is 25.8 Å². The molecule has 1 atom stereocenters. The number of aromatic amines is 1. The summed E-state index contributed by atoms with van der Waals surface area (Å²) in [6, 6.07) is 13.1. The number of likely N-dealkylation sites (tertiary alicyclic amines) is 1. The van der Waals surface area contributed by atoms with E-state index in [0.717, 1.165) is 54.3 Å². The van der Waals surface area contributed by atoms with Crippen LogP contribution in [0, 0.1) is 0 Å². The molecule has 2 aliphatic heterocycles. The number of rotatable bonds is 9. The van der Waals surface area contributed by atoms with Crippen LogP contribution in [0.15, 0.2) is 48.7 Å². The van der Waals surface area contributed by atoms with E-state index in [4.69, 9.17) is 40.3 Å². The molecule has 2 aromatic heterocycles. The lowest BCUT2D eigenvalue weighted by atomic mass is 9.88. The summed E-state index contributed by atoms with van der Waals surface area (Å²) < 4.78 is 28.6. The van der Waals surface area contributed by atoms with Crippen LogP contribution in [0.3, 0.4) is 0 Å². The number of benzene rings is 2. The number of methoxy groups -OCH3 is 2. The number of esters is 1. The van der Waals surface area contributed by atoms with Gasteiger partial charge in [-0.1, -0.05) is 23.7 Å². The van der Waals surface area contributed by atoms with E-state index in [2.05, 4.69) is 20.9 Å². The Kier molecular flexibility index (Phi) is 7.94. The van der Waals surface area contributed by atoms with E-state index in [-0.39, 0.29) is 0 Å². The Morgan fingerprint density at radius 2 is 1.98 bits per heavy atom. The number of H-pyrrole nitrogens is 1. The van der Waals surface area contributed by atoms with E-state index in [1.165, 1.54) is 7.11 Å². The zero-order chi connectivity index (χ0) is 29.3. The summed E-state index contributed by atoms with van der Waals surface area (Å²) in [5, 5.41) is 0.565.